The molecule has 1 fully saturated rings. The van der Waals surface area contributed by atoms with Gasteiger partial charge in [-0.3, -0.25) is 19.3 Å². The Kier molecular flexibility index (Phi) is 6.32. The van der Waals surface area contributed by atoms with E-state index in [4.69, 9.17) is 0 Å². The molecule has 1 saturated heterocycles. The molecular formula is C28H26N2O4. The first-order valence-electron chi connectivity index (χ1n) is 11.1. The van der Waals surface area contributed by atoms with Gasteiger partial charge in [-0.2, -0.15) is 0 Å². The van der Waals surface area contributed by atoms with Crippen molar-refractivity contribution in [3.05, 3.63) is 101 Å². The maximum absolute atomic E-state index is 13.2. The molecule has 0 saturated carbocycles. The van der Waals surface area contributed by atoms with Crippen LogP contribution in [0.4, 0.5) is 11.4 Å². The van der Waals surface area contributed by atoms with Crippen molar-refractivity contribution in [3.63, 3.8) is 0 Å². The number of rotatable bonds is 5. The molecule has 0 aliphatic carbocycles. The highest BCUT2D eigenvalue weighted by Crippen LogP contribution is 2.42. The predicted molar refractivity (Wildman–Crippen MR) is 133 cm³/mol. The number of Topliss-reactive ketones (excluding diaryl/α,β-unsaturated/α-hetero) is 1. The zero-order valence-corrected chi connectivity index (χ0v) is 19.3. The number of amides is 2. The Morgan fingerprint density at radius 2 is 1.56 bits per heavy atom. The highest BCUT2D eigenvalue weighted by molar-refractivity contribution is 6.51. The van der Waals surface area contributed by atoms with Crippen molar-refractivity contribution in [2.75, 3.05) is 10.2 Å². The summed E-state index contributed by atoms with van der Waals surface area (Å²) in [7, 11) is 0. The second-order valence-corrected chi connectivity index (χ2v) is 8.36. The molecule has 6 nitrogen and oxygen atoms in total. The van der Waals surface area contributed by atoms with Gasteiger partial charge in [0.15, 0.2) is 0 Å². The molecule has 34 heavy (non-hydrogen) atoms. The van der Waals surface area contributed by atoms with E-state index in [1.54, 1.807) is 36.4 Å². The number of hydrogen-bond donors (Lipinski definition) is 2. The number of nitrogens with one attached hydrogen (secondary N) is 1. The van der Waals surface area contributed by atoms with E-state index >= 15 is 0 Å². The van der Waals surface area contributed by atoms with Gasteiger partial charge in [-0.05, 0) is 48.7 Å². The molecule has 1 heterocycles. The number of aliphatic hydroxyl groups is 1. The minimum Gasteiger partial charge on any atom is -0.507 e. The van der Waals surface area contributed by atoms with Gasteiger partial charge in [0.25, 0.3) is 11.7 Å². The van der Waals surface area contributed by atoms with Crippen LogP contribution in [0.2, 0.25) is 0 Å². The van der Waals surface area contributed by atoms with Gasteiger partial charge in [0.05, 0.1) is 11.6 Å². The fourth-order valence-corrected chi connectivity index (χ4v) is 4.13. The third-order valence-corrected chi connectivity index (χ3v) is 5.94. The van der Waals surface area contributed by atoms with Crippen LogP contribution >= 0.6 is 0 Å². The molecule has 0 aromatic heterocycles. The number of carbonyl (C=O) groups excluding carboxylic acids is 3. The summed E-state index contributed by atoms with van der Waals surface area (Å²) in [6.45, 7) is 5.40. The van der Waals surface area contributed by atoms with Crippen LogP contribution in [0.15, 0.2) is 78.4 Å². The van der Waals surface area contributed by atoms with Crippen LogP contribution in [0.1, 0.15) is 42.1 Å². The van der Waals surface area contributed by atoms with Gasteiger partial charge in [-0.15, -0.1) is 0 Å². The number of hydrogen-bond acceptors (Lipinski definition) is 4. The van der Waals surface area contributed by atoms with Crippen LogP contribution in [0.3, 0.4) is 0 Å². The molecule has 3 aromatic carbocycles. The van der Waals surface area contributed by atoms with Crippen molar-refractivity contribution >= 4 is 34.7 Å². The molecule has 2 N–H and O–H groups in total. The summed E-state index contributed by atoms with van der Waals surface area (Å²) in [5.41, 5.74) is 4.45. The largest absolute Gasteiger partial charge is 0.507 e. The minimum atomic E-state index is -0.793. The summed E-state index contributed by atoms with van der Waals surface area (Å²) in [6.07, 6.45) is 0.856. The Bertz CT molecular complexity index is 1270. The summed E-state index contributed by atoms with van der Waals surface area (Å²) < 4.78 is 0. The quantitative estimate of drug-likeness (QED) is 0.317. The van der Waals surface area contributed by atoms with E-state index in [2.05, 4.69) is 12.2 Å². The highest BCUT2D eigenvalue weighted by atomic mass is 16.3. The first-order valence-corrected chi connectivity index (χ1v) is 11.1. The van der Waals surface area contributed by atoms with Crippen molar-refractivity contribution in [1.29, 1.82) is 0 Å². The fraction of sp³-hybridized carbons (Fsp3) is 0.179. The molecule has 3 aromatic rings. The lowest BCUT2D eigenvalue weighted by Crippen LogP contribution is -2.29. The first kappa shape index (κ1) is 23.0. The number of nitrogens with zero attached hydrogens (tertiary/aromatic N) is 1. The van der Waals surface area contributed by atoms with Gasteiger partial charge in [0.2, 0.25) is 5.91 Å². The zero-order valence-electron chi connectivity index (χ0n) is 19.3. The third-order valence-electron chi connectivity index (χ3n) is 5.94. The van der Waals surface area contributed by atoms with Crippen LogP contribution in [0.25, 0.3) is 5.76 Å². The van der Waals surface area contributed by atoms with Crippen molar-refractivity contribution in [3.8, 4) is 0 Å². The SMILES string of the molecule is CCc1ccc(C2/C(=C(\O)c3ccc(C)cc3)C(=O)C(=O)N2c2ccc(NC(C)=O)cc2)cc1. The van der Waals surface area contributed by atoms with E-state index in [-0.39, 0.29) is 17.2 Å². The highest BCUT2D eigenvalue weighted by Gasteiger charge is 2.46. The molecule has 4 rings (SSSR count). The maximum atomic E-state index is 13.2. The van der Waals surface area contributed by atoms with Crippen molar-refractivity contribution in [2.24, 2.45) is 0 Å². The molecule has 0 spiro atoms. The number of carbonyl (C=O) groups is 3. The normalized spacial score (nSPS) is 17.1. The van der Waals surface area contributed by atoms with Gasteiger partial charge in [-0.1, -0.05) is 61.0 Å². The van der Waals surface area contributed by atoms with E-state index in [1.165, 1.54) is 11.8 Å². The zero-order chi connectivity index (χ0) is 24.4. The van der Waals surface area contributed by atoms with Crippen molar-refractivity contribution in [1.82, 2.24) is 0 Å². The number of aryl methyl sites for hydroxylation is 2. The Labute approximate surface area is 198 Å². The molecular weight excluding hydrogens is 428 g/mol. The van der Waals surface area contributed by atoms with Gasteiger partial charge in [0, 0.05) is 23.9 Å². The summed E-state index contributed by atoms with van der Waals surface area (Å²) >= 11 is 0. The molecule has 1 aliphatic rings. The Morgan fingerprint density at radius 1 is 0.941 bits per heavy atom. The maximum Gasteiger partial charge on any atom is 0.300 e. The van der Waals surface area contributed by atoms with E-state index in [0.29, 0.717) is 16.9 Å². The monoisotopic (exact) mass is 454 g/mol. The van der Waals surface area contributed by atoms with Crippen LogP contribution in [0.5, 0.6) is 0 Å². The molecule has 1 aliphatic heterocycles. The Balaban J connectivity index is 1.86. The molecule has 2 amide bonds. The lowest BCUT2D eigenvalue weighted by atomic mass is 9.94. The smallest absolute Gasteiger partial charge is 0.300 e. The summed E-state index contributed by atoms with van der Waals surface area (Å²) in [6, 6.07) is 20.8. The number of anilines is 2. The minimum absolute atomic E-state index is 0.0454. The molecule has 0 bridgehead atoms. The third kappa shape index (κ3) is 4.35. The summed E-state index contributed by atoms with van der Waals surface area (Å²) in [5.74, 6) is -1.87. The standard InChI is InChI=1S/C28H26N2O4/c1-4-19-7-11-20(12-8-19)25-24(26(32)21-9-5-17(2)6-10-21)27(33)28(34)30(25)23-15-13-22(14-16-23)29-18(3)31/h5-16,25,32H,4H2,1-3H3,(H,29,31)/b26-24+. The van der Waals surface area contributed by atoms with E-state index in [9.17, 15) is 19.5 Å². The first-order chi connectivity index (χ1) is 16.3. The van der Waals surface area contributed by atoms with Gasteiger partial charge in [0.1, 0.15) is 5.76 Å². The van der Waals surface area contributed by atoms with Crippen LogP contribution < -0.4 is 10.2 Å². The molecule has 0 radical (unpaired) electrons. The second kappa shape index (κ2) is 9.35. The molecule has 1 atom stereocenters. The summed E-state index contributed by atoms with van der Waals surface area (Å²) in [4.78, 5) is 39.2. The van der Waals surface area contributed by atoms with E-state index in [1.807, 2.05) is 43.3 Å². The van der Waals surface area contributed by atoms with E-state index < -0.39 is 17.7 Å². The topological polar surface area (TPSA) is 86.7 Å². The van der Waals surface area contributed by atoms with Gasteiger partial charge < -0.3 is 10.4 Å². The lowest BCUT2D eigenvalue weighted by Gasteiger charge is -2.26. The number of benzene rings is 3. The van der Waals surface area contributed by atoms with Crippen LogP contribution in [-0.4, -0.2) is 22.7 Å². The number of ketones is 1. The average molecular weight is 455 g/mol. The summed E-state index contributed by atoms with van der Waals surface area (Å²) in [5, 5.41) is 13.9. The average Bonchev–Trinajstić information content (AvgIpc) is 3.10. The van der Waals surface area contributed by atoms with Crippen LogP contribution in [0, 0.1) is 6.92 Å². The van der Waals surface area contributed by atoms with Gasteiger partial charge in [-0.25, -0.2) is 0 Å². The van der Waals surface area contributed by atoms with Gasteiger partial charge >= 0.3 is 0 Å². The molecule has 1 unspecified atom stereocenters. The van der Waals surface area contributed by atoms with Crippen LogP contribution in [-0.2, 0) is 20.8 Å². The lowest BCUT2D eigenvalue weighted by molar-refractivity contribution is -0.132. The Hall–Kier alpha value is -4.19. The second-order valence-electron chi connectivity index (χ2n) is 8.36. The predicted octanol–water partition coefficient (Wildman–Crippen LogP) is 5.14. The fourth-order valence-electron chi connectivity index (χ4n) is 4.13. The van der Waals surface area contributed by atoms with Crippen molar-refractivity contribution < 1.29 is 19.5 Å². The van der Waals surface area contributed by atoms with Crippen molar-refractivity contribution in [2.45, 2.75) is 33.2 Å². The number of aliphatic hydroxyl groups excluding tert-OH is 1. The van der Waals surface area contributed by atoms with E-state index in [0.717, 1.165) is 23.1 Å². The Morgan fingerprint density at radius 3 is 2.12 bits per heavy atom. The molecule has 6 heteroatoms. The molecule has 172 valence electrons.